The SMILES string of the molecule is CCCn1nc(CCC(=O)NCc2cccc(C)c2)c2c1CCOC2. The normalized spacial score (nSPS) is 13.5. The maximum atomic E-state index is 12.2. The molecule has 0 bridgehead atoms. The van der Waals surface area contributed by atoms with E-state index in [1.54, 1.807) is 0 Å². The molecule has 5 heteroatoms. The third-order valence-electron chi connectivity index (χ3n) is 4.58. The lowest BCUT2D eigenvalue weighted by molar-refractivity contribution is -0.121. The number of hydrogen-bond acceptors (Lipinski definition) is 3. The zero-order chi connectivity index (χ0) is 17.6. The van der Waals surface area contributed by atoms with Gasteiger partial charge in [0, 0.05) is 43.6 Å². The highest BCUT2D eigenvalue weighted by Crippen LogP contribution is 2.22. The van der Waals surface area contributed by atoms with Crippen LogP contribution in [0.3, 0.4) is 0 Å². The van der Waals surface area contributed by atoms with Crippen LogP contribution in [0.5, 0.6) is 0 Å². The Labute approximate surface area is 149 Å². The molecule has 0 unspecified atom stereocenters. The van der Waals surface area contributed by atoms with Gasteiger partial charge in [0.15, 0.2) is 0 Å². The van der Waals surface area contributed by atoms with E-state index in [1.807, 2.05) is 12.1 Å². The Hall–Kier alpha value is -2.14. The number of amides is 1. The Bertz CT molecular complexity index is 737. The number of aryl methyl sites for hydroxylation is 3. The molecule has 1 aliphatic rings. The summed E-state index contributed by atoms with van der Waals surface area (Å²) in [7, 11) is 0. The van der Waals surface area contributed by atoms with E-state index in [0.29, 0.717) is 26.0 Å². The third-order valence-corrected chi connectivity index (χ3v) is 4.58. The zero-order valence-corrected chi connectivity index (χ0v) is 15.2. The van der Waals surface area contributed by atoms with Gasteiger partial charge in [0.25, 0.3) is 0 Å². The number of fused-ring (bicyclic) bond motifs is 1. The fraction of sp³-hybridized carbons (Fsp3) is 0.500. The Balaban J connectivity index is 1.57. The molecule has 1 aliphatic heterocycles. The Morgan fingerprint density at radius 1 is 1.40 bits per heavy atom. The lowest BCUT2D eigenvalue weighted by Gasteiger charge is -2.14. The lowest BCUT2D eigenvalue weighted by Crippen LogP contribution is -2.23. The molecule has 1 amide bonds. The number of nitrogens with zero attached hydrogens (tertiary/aromatic N) is 2. The molecule has 5 nitrogen and oxygen atoms in total. The monoisotopic (exact) mass is 341 g/mol. The van der Waals surface area contributed by atoms with Gasteiger partial charge in [0.1, 0.15) is 0 Å². The molecule has 25 heavy (non-hydrogen) atoms. The molecule has 2 aromatic rings. The quantitative estimate of drug-likeness (QED) is 0.842. The largest absolute Gasteiger partial charge is 0.376 e. The summed E-state index contributed by atoms with van der Waals surface area (Å²) < 4.78 is 7.71. The van der Waals surface area contributed by atoms with Crippen molar-refractivity contribution in [3.05, 3.63) is 52.3 Å². The molecule has 2 heterocycles. The van der Waals surface area contributed by atoms with Gasteiger partial charge in [-0.05, 0) is 18.9 Å². The molecule has 3 rings (SSSR count). The van der Waals surface area contributed by atoms with E-state index in [-0.39, 0.29) is 5.91 Å². The molecule has 0 saturated heterocycles. The summed E-state index contributed by atoms with van der Waals surface area (Å²) in [4.78, 5) is 12.2. The predicted molar refractivity (Wildman–Crippen MR) is 97.2 cm³/mol. The molecular weight excluding hydrogens is 314 g/mol. The first-order valence-electron chi connectivity index (χ1n) is 9.14. The van der Waals surface area contributed by atoms with Crippen LogP contribution in [-0.2, 0) is 42.1 Å². The van der Waals surface area contributed by atoms with Gasteiger partial charge >= 0.3 is 0 Å². The van der Waals surface area contributed by atoms with E-state index in [2.05, 4.69) is 36.0 Å². The summed E-state index contributed by atoms with van der Waals surface area (Å²) in [5, 5.41) is 7.74. The minimum atomic E-state index is 0.0667. The van der Waals surface area contributed by atoms with Gasteiger partial charge in [0.2, 0.25) is 5.91 Å². The van der Waals surface area contributed by atoms with Crippen LogP contribution in [0.15, 0.2) is 24.3 Å². The first-order chi connectivity index (χ1) is 12.2. The second-order valence-electron chi connectivity index (χ2n) is 6.66. The smallest absolute Gasteiger partial charge is 0.220 e. The van der Waals surface area contributed by atoms with Crippen molar-refractivity contribution >= 4 is 5.91 Å². The van der Waals surface area contributed by atoms with E-state index in [4.69, 9.17) is 9.84 Å². The lowest BCUT2D eigenvalue weighted by atomic mass is 10.1. The summed E-state index contributed by atoms with van der Waals surface area (Å²) in [6.45, 7) is 7.11. The number of carbonyl (C=O) groups excluding carboxylic acids is 1. The van der Waals surface area contributed by atoms with Crippen molar-refractivity contribution in [2.45, 2.75) is 59.2 Å². The summed E-state index contributed by atoms with van der Waals surface area (Å²) in [5.74, 6) is 0.0667. The van der Waals surface area contributed by atoms with Crippen molar-refractivity contribution in [3.8, 4) is 0 Å². The topological polar surface area (TPSA) is 56.2 Å². The van der Waals surface area contributed by atoms with Crippen LogP contribution >= 0.6 is 0 Å². The van der Waals surface area contributed by atoms with Crippen molar-refractivity contribution in [2.75, 3.05) is 6.61 Å². The Morgan fingerprint density at radius 2 is 2.28 bits per heavy atom. The first kappa shape index (κ1) is 17.7. The third kappa shape index (κ3) is 4.48. The van der Waals surface area contributed by atoms with E-state index >= 15 is 0 Å². The van der Waals surface area contributed by atoms with E-state index in [1.165, 1.54) is 16.8 Å². The molecule has 0 aliphatic carbocycles. The van der Waals surface area contributed by atoms with Crippen LogP contribution in [-0.4, -0.2) is 22.3 Å². The van der Waals surface area contributed by atoms with Gasteiger partial charge in [-0.1, -0.05) is 36.8 Å². The van der Waals surface area contributed by atoms with Gasteiger partial charge in [-0.2, -0.15) is 5.10 Å². The van der Waals surface area contributed by atoms with Crippen LogP contribution < -0.4 is 5.32 Å². The fourth-order valence-corrected chi connectivity index (χ4v) is 3.32. The van der Waals surface area contributed by atoms with Crippen LogP contribution in [0.2, 0.25) is 0 Å². The summed E-state index contributed by atoms with van der Waals surface area (Å²) >= 11 is 0. The number of aromatic nitrogens is 2. The highest BCUT2D eigenvalue weighted by atomic mass is 16.5. The van der Waals surface area contributed by atoms with Gasteiger partial charge in [-0.15, -0.1) is 0 Å². The number of ether oxygens (including phenoxy) is 1. The fourth-order valence-electron chi connectivity index (χ4n) is 3.32. The second kappa shape index (κ2) is 8.30. The summed E-state index contributed by atoms with van der Waals surface area (Å²) in [5.41, 5.74) is 5.86. The van der Waals surface area contributed by atoms with Crippen molar-refractivity contribution in [2.24, 2.45) is 0 Å². The minimum Gasteiger partial charge on any atom is -0.376 e. The van der Waals surface area contributed by atoms with Crippen LogP contribution in [0.1, 0.15) is 47.8 Å². The van der Waals surface area contributed by atoms with Crippen molar-refractivity contribution in [1.82, 2.24) is 15.1 Å². The van der Waals surface area contributed by atoms with Crippen LogP contribution in [0, 0.1) is 6.92 Å². The Kier molecular flexibility index (Phi) is 5.87. The molecule has 0 spiro atoms. The molecule has 0 saturated carbocycles. The molecule has 1 aromatic carbocycles. The van der Waals surface area contributed by atoms with Gasteiger partial charge in [-0.3, -0.25) is 9.48 Å². The Morgan fingerprint density at radius 3 is 3.08 bits per heavy atom. The summed E-state index contributed by atoms with van der Waals surface area (Å²) in [6.07, 6.45) is 3.11. The van der Waals surface area contributed by atoms with Gasteiger partial charge < -0.3 is 10.1 Å². The van der Waals surface area contributed by atoms with Crippen molar-refractivity contribution in [3.63, 3.8) is 0 Å². The van der Waals surface area contributed by atoms with Crippen molar-refractivity contribution < 1.29 is 9.53 Å². The van der Waals surface area contributed by atoms with E-state index in [0.717, 1.165) is 37.3 Å². The highest BCUT2D eigenvalue weighted by Gasteiger charge is 2.21. The average molecular weight is 341 g/mol. The molecule has 0 fully saturated rings. The van der Waals surface area contributed by atoms with Crippen LogP contribution in [0.4, 0.5) is 0 Å². The average Bonchev–Trinajstić information content (AvgIpc) is 2.97. The number of benzene rings is 1. The number of carbonyl (C=O) groups is 1. The summed E-state index contributed by atoms with van der Waals surface area (Å²) in [6, 6.07) is 8.21. The minimum absolute atomic E-state index is 0.0667. The maximum absolute atomic E-state index is 12.2. The zero-order valence-electron chi connectivity index (χ0n) is 15.2. The second-order valence-corrected chi connectivity index (χ2v) is 6.66. The highest BCUT2D eigenvalue weighted by molar-refractivity contribution is 5.76. The van der Waals surface area contributed by atoms with Crippen molar-refractivity contribution in [1.29, 1.82) is 0 Å². The predicted octanol–water partition coefficient (Wildman–Crippen LogP) is 2.92. The first-order valence-corrected chi connectivity index (χ1v) is 9.14. The molecule has 0 atom stereocenters. The number of rotatable bonds is 7. The number of nitrogens with one attached hydrogen (secondary N) is 1. The van der Waals surface area contributed by atoms with Gasteiger partial charge in [-0.25, -0.2) is 0 Å². The number of hydrogen-bond donors (Lipinski definition) is 1. The van der Waals surface area contributed by atoms with Crippen LogP contribution in [0.25, 0.3) is 0 Å². The molecule has 0 radical (unpaired) electrons. The van der Waals surface area contributed by atoms with Gasteiger partial charge in [0.05, 0.1) is 18.9 Å². The standard InChI is InChI=1S/C20H27N3O2/c1-3-10-23-19-9-11-25-14-17(19)18(22-23)7-8-20(24)21-13-16-6-4-5-15(2)12-16/h4-6,12H,3,7-11,13-14H2,1-2H3,(H,21,24). The molecule has 134 valence electrons. The maximum Gasteiger partial charge on any atom is 0.220 e. The molecule has 1 N–H and O–H groups in total. The molecular formula is C20H27N3O2. The molecule has 1 aromatic heterocycles. The van der Waals surface area contributed by atoms with E-state index in [9.17, 15) is 4.79 Å². The van der Waals surface area contributed by atoms with E-state index < -0.39 is 0 Å².